The first-order valence-electron chi connectivity index (χ1n) is 14.7. The molecule has 2 aliphatic rings. The molecular formula is C34H34N6O3. The Morgan fingerprint density at radius 1 is 1.00 bits per heavy atom. The molecule has 218 valence electrons. The predicted molar refractivity (Wildman–Crippen MR) is 171 cm³/mol. The van der Waals surface area contributed by atoms with E-state index < -0.39 is 4.92 Å². The lowest BCUT2D eigenvalue weighted by atomic mass is 9.98. The topological polar surface area (TPSA) is 116 Å². The molecule has 0 unspecified atom stereocenters. The summed E-state index contributed by atoms with van der Waals surface area (Å²) in [4.78, 5) is 34.1. The number of piperidine rings is 1. The minimum absolute atomic E-state index is 0.0656. The number of amides is 1. The Hall–Kier alpha value is -5.02. The molecule has 0 radical (unpaired) electrons. The van der Waals surface area contributed by atoms with E-state index in [1.54, 1.807) is 12.4 Å². The lowest BCUT2D eigenvalue weighted by Crippen LogP contribution is -2.30. The van der Waals surface area contributed by atoms with Crippen molar-refractivity contribution in [2.45, 2.75) is 32.1 Å². The van der Waals surface area contributed by atoms with Gasteiger partial charge in [-0.3, -0.25) is 14.9 Å². The molecule has 3 aromatic carbocycles. The fraction of sp³-hybridized carbons (Fsp3) is 0.235. The van der Waals surface area contributed by atoms with Gasteiger partial charge in [0.15, 0.2) is 0 Å². The van der Waals surface area contributed by atoms with Crippen LogP contribution in [0.4, 0.5) is 17.1 Å². The molecule has 1 aromatic heterocycles. The zero-order valence-corrected chi connectivity index (χ0v) is 23.9. The average Bonchev–Trinajstić information content (AvgIpc) is 3.67. The van der Waals surface area contributed by atoms with Crippen LogP contribution >= 0.6 is 0 Å². The normalized spacial score (nSPS) is 16.2. The molecule has 1 saturated heterocycles. The van der Waals surface area contributed by atoms with Crippen LogP contribution < -0.4 is 10.6 Å². The number of hydrogen-bond donors (Lipinski definition) is 3. The first-order chi connectivity index (χ1) is 21.0. The zero-order chi connectivity index (χ0) is 29.6. The van der Waals surface area contributed by atoms with Gasteiger partial charge in [0.25, 0.3) is 11.6 Å². The second-order valence-corrected chi connectivity index (χ2v) is 11.0. The van der Waals surface area contributed by atoms with Crippen molar-refractivity contribution in [1.29, 1.82) is 0 Å². The van der Waals surface area contributed by atoms with Crippen molar-refractivity contribution < 1.29 is 9.72 Å². The number of nitro benzene ring substituents is 1. The number of likely N-dealkylation sites (tertiary alicyclic amines) is 1. The summed E-state index contributed by atoms with van der Waals surface area (Å²) >= 11 is 0. The van der Waals surface area contributed by atoms with E-state index in [0.717, 1.165) is 41.9 Å². The number of nitro groups is 1. The molecule has 0 spiro atoms. The third-order valence-electron chi connectivity index (χ3n) is 7.99. The van der Waals surface area contributed by atoms with Crippen molar-refractivity contribution in [2.75, 3.05) is 30.3 Å². The van der Waals surface area contributed by atoms with Crippen molar-refractivity contribution in [3.8, 4) is 0 Å². The molecule has 6 rings (SSSR count). The number of nitrogens with one attached hydrogen (secondary N) is 3. The first kappa shape index (κ1) is 28.1. The van der Waals surface area contributed by atoms with Gasteiger partial charge in [0.2, 0.25) is 0 Å². The van der Waals surface area contributed by atoms with Crippen molar-refractivity contribution in [2.24, 2.45) is 0 Å². The van der Waals surface area contributed by atoms with E-state index in [4.69, 9.17) is 0 Å². The van der Waals surface area contributed by atoms with Gasteiger partial charge in [-0.15, -0.1) is 0 Å². The number of hydrogen-bond acceptors (Lipinski definition) is 6. The number of nitrogens with zero attached hydrogens (tertiary/aromatic N) is 3. The standard InChI is InChI=1S/C34H34N6O3/c41-34-32(30-21-29(40(42)43)16-17-31(30)38-34)33(37-27-13-8-25(9-14-27)10-15-28-22-35-23-36-28)26-11-6-24(7-12-26)5-4-20-39-18-2-1-3-19-39/h6-17,21-23,37H,1-5,18-20H2,(H,35,36)(H,38,41). The number of imidazole rings is 1. The van der Waals surface area contributed by atoms with Crippen molar-refractivity contribution in [3.05, 3.63) is 117 Å². The molecule has 0 atom stereocenters. The highest BCUT2D eigenvalue weighted by molar-refractivity contribution is 6.37. The second kappa shape index (κ2) is 12.9. The van der Waals surface area contributed by atoms with Crippen LogP contribution in [0.5, 0.6) is 0 Å². The second-order valence-electron chi connectivity index (χ2n) is 11.0. The summed E-state index contributed by atoms with van der Waals surface area (Å²) in [6, 6.07) is 20.6. The minimum atomic E-state index is -0.443. The minimum Gasteiger partial charge on any atom is -0.354 e. The summed E-state index contributed by atoms with van der Waals surface area (Å²) in [7, 11) is 0. The number of fused-ring (bicyclic) bond motifs is 1. The highest BCUT2D eigenvalue weighted by Gasteiger charge is 2.30. The summed E-state index contributed by atoms with van der Waals surface area (Å²) < 4.78 is 0. The molecule has 9 nitrogen and oxygen atoms in total. The third-order valence-corrected chi connectivity index (χ3v) is 7.99. The van der Waals surface area contributed by atoms with E-state index in [2.05, 4.69) is 37.6 Å². The van der Waals surface area contributed by atoms with Crippen LogP contribution in [0, 0.1) is 10.1 Å². The molecule has 43 heavy (non-hydrogen) atoms. The highest BCUT2D eigenvalue weighted by atomic mass is 16.6. The van der Waals surface area contributed by atoms with Gasteiger partial charge in [0, 0.05) is 35.3 Å². The van der Waals surface area contributed by atoms with Crippen molar-refractivity contribution in [1.82, 2.24) is 14.9 Å². The summed E-state index contributed by atoms with van der Waals surface area (Å²) in [6.45, 7) is 3.51. The van der Waals surface area contributed by atoms with Crippen LogP contribution in [-0.2, 0) is 11.2 Å². The summed E-state index contributed by atoms with van der Waals surface area (Å²) in [5.41, 5.74) is 6.65. The lowest BCUT2D eigenvalue weighted by Gasteiger charge is -2.26. The van der Waals surface area contributed by atoms with E-state index in [1.807, 2.05) is 54.7 Å². The van der Waals surface area contributed by atoms with E-state index in [-0.39, 0.29) is 11.6 Å². The molecule has 4 aromatic rings. The van der Waals surface area contributed by atoms with Gasteiger partial charge in [-0.2, -0.15) is 0 Å². The van der Waals surface area contributed by atoms with E-state index >= 15 is 0 Å². The van der Waals surface area contributed by atoms with Gasteiger partial charge < -0.3 is 20.5 Å². The maximum Gasteiger partial charge on any atom is 0.270 e. The number of aromatic nitrogens is 2. The molecule has 1 fully saturated rings. The Morgan fingerprint density at radius 2 is 1.79 bits per heavy atom. The third kappa shape index (κ3) is 6.73. The molecule has 3 heterocycles. The van der Waals surface area contributed by atoms with Crippen molar-refractivity contribution >= 4 is 46.4 Å². The van der Waals surface area contributed by atoms with Crippen LogP contribution in [0.15, 0.2) is 79.3 Å². The monoisotopic (exact) mass is 574 g/mol. The number of aryl methyl sites for hydroxylation is 1. The van der Waals surface area contributed by atoms with Gasteiger partial charge >= 0.3 is 0 Å². The summed E-state index contributed by atoms with van der Waals surface area (Å²) in [5.74, 6) is -0.304. The quantitative estimate of drug-likeness (QED) is 0.109. The number of carbonyl (C=O) groups is 1. The molecule has 0 bridgehead atoms. The fourth-order valence-corrected chi connectivity index (χ4v) is 5.69. The van der Waals surface area contributed by atoms with Crippen molar-refractivity contribution in [3.63, 3.8) is 0 Å². The van der Waals surface area contributed by atoms with Gasteiger partial charge in [-0.05, 0) is 86.3 Å². The molecule has 9 heteroatoms. The van der Waals surface area contributed by atoms with E-state index in [1.165, 1.54) is 50.0 Å². The van der Waals surface area contributed by atoms with Crippen LogP contribution in [-0.4, -0.2) is 45.3 Å². The van der Waals surface area contributed by atoms with Crippen LogP contribution in [0.3, 0.4) is 0 Å². The summed E-state index contributed by atoms with van der Waals surface area (Å²) in [5, 5.41) is 17.9. The Morgan fingerprint density at radius 3 is 2.51 bits per heavy atom. The SMILES string of the molecule is O=C1Nc2ccc([N+](=O)[O-])cc2C1=C(Nc1ccc(C=Cc2c[nH]cn2)cc1)c1ccc(CCCN2CCCCC2)cc1. The largest absolute Gasteiger partial charge is 0.354 e. The molecule has 3 N–H and O–H groups in total. The first-order valence-corrected chi connectivity index (χ1v) is 14.7. The smallest absolute Gasteiger partial charge is 0.270 e. The zero-order valence-electron chi connectivity index (χ0n) is 23.9. The number of H-pyrrole nitrogens is 1. The lowest BCUT2D eigenvalue weighted by molar-refractivity contribution is -0.384. The van der Waals surface area contributed by atoms with E-state index in [0.29, 0.717) is 22.5 Å². The van der Waals surface area contributed by atoms with E-state index in [9.17, 15) is 14.9 Å². The number of aromatic amines is 1. The van der Waals surface area contributed by atoms with Gasteiger partial charge in [0.05, 0.1) is 28.2 Å². The number of anilines is 2. The number of non-ortho nitro benzene ring substituents is 1. The Balaban J connectivity index is 1.28. The molecule has 2 aliphatic heterocycles. The van der Waals surface area contributed by atoms with Gasteiger partial charge in [-0.1, -0.05) is 48.9 Å². The van der Waals surface area contributed by atoms with Gasteiger partial charge in [0.1, 0.15) is 0 Å². The average molecular weight is 575 g/mol. The van der Waals surface area contributed by atoms with Crippen LogP contribution in [0.2, 0.25) is 0 Å². The number of rotatable bonds is 10. The fourth-order valence-electron chi connectivity index (χ4n) is 5.69. The Bertz CT molecular complexity index is 1650. The maximum atomic E-state index is 13.3. The number of carbonyl (C=O) groups excluding carboxylic acids is 1. The predicted octanol–water partition coefficient (Wildman–Crippen LogP) is 6.84. The Labute approximate surface area is 250 Å². The Kier molecular flexibility index (Phi) is 8.42. The van der Waals surface area contributed by atoms with Crippen LogP contribution in [0.1, 0.15) is 53.6 Å². The molecule has 1 amide bonds. The highest BCUT2D eigenvalue weighted by Crippen LogP contribution is 2.39. The molecular weight excluding hydrogens is 540 g/mol. The number of benzene rings is 3. The summed E-state index contributed by atoms with van der Waals surface area (Å²) in [6.07, 6.45) is 13.4. The molecule has 0 aliphatic carbocycles. The maximum absolute atomic E-state index is 13.3. The van der Waals surface area contributed by atoms with Crippen LogP contribution in [0.25, 0.3) is 23.4 Å². The molecule has 0 saturated carbocycles. The van der Waals surface area contributed by atoms with Gasteiger partial charge in [-0.25, -0.2) is 4.98 Å².